The fourth-order valence-corrected chi connectivity index (χ4v) is 4.09. The van der Waals surface area contributed by atoms with E-state index >= 15 is 0 Å². The maximum atomic E-state index is 12.3. The van der Waals surface area contributed by atoms with Gasteiger partial charge in [-0.15, -0.1) is 10.2 Å². The molecule has 27 heavy (non-hydrogen) atoms. The molecule has 0 unspecified atom stereocenters. The highest BCUT2D eigenvalue weighted by atomic mass is 79.9. The van der Waals surface area contributed by atoms with Gasteiger partial charge in [0.15, 0.2) is 5.16 Å². The average molecular weight is 510 g/mol. The van der Waals surface area contributed by atoms with Crippen molar-refractivity contribution >= 4 is 55.2 Å². The van der Waals surface area contributed by atoms with Crippen LogP contribution < -0.4 is 5.32 Å². The summed E-state index contributed by atoms with van der Waals surface area (Å²) in [4.78, 5) is 12.3. The molecule has 8 heteroatoms. The van der Waals surface area contributed by atoms with E-state index in [-0.39, 0.29) is 11.7 Å². The van der Waals surface area contributed by atoms with Gasteiger partial charge in [-0.3, -0.25) is 4.79 Å². The summed E-state index contributed by atoms with van der Waals surface area (Å²) in [5, 5.41) is 12.3. The van der Waals surface area contributed by atoms with Crippen LogP contribution in [0.25, 0.3) is 0 Å². The molecule has 1 N–H and O–H groups in total. The molecular formula is C19H18Br2N4OS. The Labute approximate surface area is 179 Å². The van der Waals surface area contributed by atoms with Crippen molar-refractivity contribution < 1.29 is 4.79 Å². The molecule has 0 fully saturated rings. The Kier molecular flexibility index (Phi) is 7.09. The second-order valence-corrected chi connectivity index (χ2v) is 8.48. The molecule has 0 aliphatic carbocycles. The van der Waals surface area contributed by atoms with Gasteiger partial charge in [-0.2, -0.15) is 0 Å². The molecule has 0 spiro atoms. The number of hydrogen-bond donors (Lipinski definition) is 1. The van der Waals surface area contributed by atoms with Gasteiger partial charge < -0.3 is 9.88 Å². The average Bonchev–Trinajstić information content (AvgIpc) is 3.05. The second-order valence-electron chi connectivity index (χ2n) is 5.77. The summed E-state index contributed by atoms with van der Waals surface area (Å²) in [7, 11) is 0. The van der Waals surface area contributed by atoms with Gasteiger partial charge in [0.25, 0.3) is 0 Å². The van der Waals surface area contributed by atoms with Gasteiger partial charge in [-0.25, -0.2) is 0 Å². The largest absolute Gasteiger partial charge is 0.324 e. The molecule has 0 radical (unpaired) electrons. The Balaban J connectivity index is 1.64. The number of hydrogen-bond acceptors (Lipinski definition) is 4. The fraction of sp³-hybridized carbons (Fsp3) is 0.211. The maximum Gasteiger partial charge on any atom is 0.234 e. The number of halogens is 2. The van der Waals surface area contributed by atoms with E-state index in [1.165, 1.54) is 17.3 Å². The molecule has 0 atom stereocenters. The van der Waals surface area contributed by atoms with Crippen molar-refractivity contribution in [2.75, 3.05) is 11.1 Å². The van der Waals surface area contributed by atoms with Gasteiger partial charge in [0.1, 0.15) is 5.82 Å². The summed E-state index contributed by atoms with van der Waals surface area (Å²) in [6, 6.07) is 15.8. The zero-order valence-corrected chi connectivity index (χ0v) is 18.6. The monoisotopic (exact) mass is 508 g/mol. The number of benzene rings is 2. The quantitative estimate of drug-likeness (QED) is 0.448. The number of thioether (sulfide) groups is 1. The molecule has 3 rings (SSSR count). The van der Waals surface area contributed by atoms with E-state index in [0.29, 0.717) is 0 Å². The molecule has 5 nitrogen and oxygen atoms in total. The van der Waals surface area contributed by atoms with Crippen LogP contribution in [0.4, 0.5) is 5.69 Å². The number of amides is 1. The SMILES string of the molecule is CCn1c(Cc2ccccc2)nnc1SCC(=O)Nc1cc(Br)ccc1Br. The van der Waals surface area contributed by atoms with Crippen molar-refractivity contribution in [2.24, 2.45) is 0 Å². The van der Waals surface area contributed by atoms with E-state index in [0.717, 1.165) is 38.6 Å². The minimum absolute atomic E-state index is 0.0888. The molecule has 1 amide bonds. The Morgan fingerprint density at radius 1 is 1.15 bits per heavy atom. The van der Waals surface area contributed by atoms with Crippen molar-refractivity contribution in [1.29, 1.82) is 0 Å². The summed E-state index contributed by atoms with van der Waals surface area (Å²) in [6.07, 6.45) is 0.722. The van der Waals surface area contributed by atoms with Crippen LogP contribution in [0.1, 0.15) is 18.3 Å². The maximum absolute atomic E-state index is 12.3. The van der Waals surface area contributed by atoms with E-state index in [4.69, 9.17) is 0 Å². The highest BCUT2D eigenvalue weighted by Crippen LogP contribution is 2.27. The molecule has 0 saturated carbocycles. The molecule has 0 bridgehead atoms. The van der Waals surface area contributed by atoms with E-state index < -0.39 is 0 Å². The van der Waals surface area contributed by atoms with Gasteiger partial charge in [-0.05, 0) is 46.6 Å². The van der Waals surface area contributed by atoms with E-state index in [9.17, 15) is 4.79 Å². The molecule has 0 saturated heterocycles. The zero-order valence-electron chi connectivity index (χ0n) is 14.7. The number of carbonyl (C=O) groups is 1. The number of anilines is 1. The van der Waals surface area contributed by atoms with E-state index in [2.05, 4.69) is 71.0 Å². The van der Waals surface area contributed by atoms with Crippen molar-refractivity contribution in [1.82, 2.24) is 14.8 Å². The standard InChI is InChI=1S/C19H18Br2N4OS/c1-2-25-17(10-13-6-4-3-5-7-13)23-24-19(25)27-12-18(26)22-16-11-14(20)8-9-15(16)21/h3-9,11H,2,10,12H2,1H3,(H,22,26). The minimum atomic E-state index is -0.0888. The summed E-state index contributed by atoms with van der Waals surface area (Å²) in [5.74, 6) is 1.08. The first kappa shape index (κ1) is 20.1. The number of carbonyl (C=O) groups excluding carboxylic acids is 1. The minimum Gasteiger partial charge on any atom is -0.324 e. The Morgan fingerprint density at radius 3 is 2.67 bits per heavy atom. The van der Waals surface area contributed by atoms with Gasteiger partial charge in [0, 0.05) is 21.9 Å². The normalized spacial score (nSPS) is 10.8. The van der Waals surface area contributed by atoms with Crippen LogP contribution >= 0.6 is 43.6 Å². The van der Waals surface area contributed by atoms with Crippen LogP contribution in [0.2, 0.25) is 0 Å². The highest BCUT2D eigenvalue weighted by Gasteiger charge is 2.14. The molecular weight excluding hydrogens is 492 g/mol. The van der Waals surface area contributed by atoms with Crippen molar-refractivity contribution in [3.8, 4) is 0 Å². The topological polar surface area (TPSA) is 59.8 Å². The first-order chi connectivity index (χ1) is 13.1. The lowest BCUT2D eigenvalue weighted by Gasteiger charge is -2.09. The number of rotatable bonds is 7. The lowest BCUT2D eigenvalue weighted by molar-refractivity contribution is -0.113. The van der Waals surface area contributed by atoms with Crippen LogP contribution in [-0.4, -0.2) is 26.4 Å². The molecule has 2 aromatic carbocycles. The lowest BCUT2D eigenvalue weighted by atomic mass is 10.1. The molecule has 140 valence electrons. The molecule has 3 aromatic rings. The predicted molar refractivity (Wildman–Crippen MR) is 116 cm³/mol. The highest BCUT2D eigenvalue weighted by molar-refractivity contribution is 9.11. The first-order valence-corrected chi connectivity index (χ1v) is 11.0. The lowest BCUT2D eigenvalue weighted by Crippen LogP contribution is -2.15. The van der Waals surface area contributed by atoms with E-state index in [1.54, 1.807) is 0 Å². The van der Waals surface area contributed by atoms with Crippen molar-refractivity contribution in [3.05, 3.63) is 68.9 Å². The number of aromatic nitrogens is 3. The van der Waals surface area contributed by atoms with E-state index in [1.807, 2.05) is 36.4 Å². The zero-order chi connectivity index (χ0) is 19.2. The Hall–Kier alpha value is -1.64. The van der Waals surface area contributed by atoms with Gasteiger partial charge in [0.2, 0.25) is 5.91 Å². The molecule has 0 aliphatic heterocycles. The summed E-state index contributed by atoms with van der Waals surface area (Å²) in [5.41, 5.74) is 1.92. The van der Waals surface area contributed by atoms with Gasteiger partial charge >= 0.3 is 0 Å². The van der Waals surface area contributed by atoms with Crippen molar-refractivity contribution in [3.63, 3.8) is 0 Å². The summed E-state index contributed by atoms with van der Waals surface area (Å²) >= 11 is 8.25. The first-order valence-electron chi connectivity index (χ1n) is 8.40. The number of nitrogens with one attached hydrogen (secondary N) is 1. The van der Waals surface area contributed by atoms with Crippen LogP contribution in [-0.2, 0) is 17.8 Å². The predicted octanol–water partition coefficient (Wildman–Crippen LogP) is 5.14. The summed E-state index contributed by atoms with van der Waals surface area (Å²) < 4.78 is 3.80. The van der Waals surface area contributed by atoms with Crippen LogP contribution in [0.15, 0.2) is 62.6 Å². The smallest absolute Gasteiger partial charge is 0.234 e. The third-order valence-corrected chi connectivity index (χ3v) is 6.00. The second kappa shape index (κ2) is 9.52. The van der Waals surface area contributed by atoms with Crippen LogP contribution in [0, 0.1) is 0 Å². The third-order valence-electron chi connectivity index (χ3n) is 3.85. The third kappa shape index (κ3) is 5.43. The Morgan fingerprint density at radius 2 is 1.93 bits per heavy atom. The van der Waals surface area contributed by atoms with Gasteiger partial charge in [-0.1, -0.05) is 58.0 Å². The van der Waals surface area contributed by atoms with Crippen LogP contribution in [0.3, 0.4) is 0 Å². The Bertz CT molecular complexity index is 931. The molecule has 1 aromatic heterocycles. The molecule has 1 heterocycles. The number of nitrogens with zero attached hydrogens (tertiary/aromatic N) is 3. The molecule has 0 aliphatic rings. The van der Waals surface area contributed by atoms with Crippen LogP contribution in [0.5, 0.6) is 0 Å². The fourth-order valence-electron chi connectivity index (χ4n) is 2.56. The van der Waals surface area contributed by atoms with Crippen molar-refractivity contribution in [2.45, 2.75) is 25.0 Å². The summed E-state index contributed by atoms with van der Waals surface area (Å²) in [6.45, 7) is 2.82. The van der Waals surface area contributed by atoms with Gasteiger partial charge in [0.05, 0.1) is 11.4 Å².